The van der Waals surface area contributed by atoms with Gasteiger partial charge >= 0.3 is 0 Å². The van der Waals surface area contributed by atoms with Crippen LogP contribution in [0.4, 0.5) is 0 Å². The Morgan fingerprint density at radius 3 is 2.47 bits per heavy atom. The Morgan fingerprint density at radius 2 is 2.00 bits per heavy atom. The Kier molecular flexibility index (Phi) is 5.07. The monoisotopic (exact) mass is 213 g/mol. The number of ether oxygens (including phenoxy) is 1. The largest absolute Gasteiger partial charge is 0.374 e. The van der Waals surface area contributed by atoms with Crippen molar-refractivity contribution >= 4 is 0 Å². The van der Waals surface area contributed by atoms with E-state index in [1.165, 1.54) is 19.3 Å². The van der Waals surface area contributed by atoms with Gasteiger partial charge in [0.2, 0.25) is 0 Å². The number of hydrogen-bond acceptors (Lipinski definition) is 2. The van der Waals surface area contributed by atoms with E-state index in [9.17, 15) is 0 Å². The van der Waals surface area contributed by atoms with Crippen LogP contribution in [0.3, 0.4) is 0 Å². The first-order valence-electron chi connectivity index (χ1n) is 6.46. The van der Waals surface area contributed by atoms with Crippen LogP contribution in [0.25, 0.3) is 0 Å². The third-order valence-electron chi connectivity index (χ3n) is 3.35. The van der Waals surface area contributed by atoms with E-state index in [0.29, 0.717) is 6.04 Å². The fraction of sp³-hybridized carbons (Fsp3) is 1.00. The van der Waals surface area contributed by atoms with Crippen LogP contribution in [0.1, 0.15) is 53.4 Å². The van der Waals surface area contributed by atoms with Crippen molar-refractivity contribution in [3.8, 4) is 0 Å². The van der Waals surface area contributed by atoms with Crippen LogP contribution >= 0.6 is 0 Å². The molecule has 2 heteroatoms. The smallest absolute Gasteiger partial charge is 0.0629 e. The van der Waals surface area contributed by atoms with E-state index in [1.807, 2.05) is 0 Å². The second-order valence-electron chi connectivity index (χ2n) is 5.32. The van der Waals surface area contributed by atoms with E-state index in [4.69, 9.17) is 4.74 Å². The van der Waals surface area contributed by atoms with E-state index < -0.39 is 0 Å². The summed E-state index contributed by atoms with van der Waals surface area (Å²) in [7, 11) is 0. The molecule has 0 bridgehead atoms. The summed E-state index contributed by atoms with van der Waals surface area (Å²) in [5.41, 5.74) is 0.0427. The highest BCUT2D eigenvalue weighted by molar-refractivity contribution is 4.86. The SMILES string of the molecule is CCCNC(COC(C)(C)CC)C1CC1. The molecule has 0 aromatic carbocycles. The fourth-order valence-electron chi connectivity index (χ4n) is 1.61. The van der Waals surface area contributed by atoms with E-state index >= 15 is 0 Å². The summed E-state index contributed by atoms with van der Waals surface area (Å²) >= 11 is 0. The summed E-state index contributed by atoms with van der Waals surface area (Å²) in [6.07, 6.45) is 5.06. The number of nitrogens with one attached hydrogen (secondary N) is 1. The molecule has 1 rings (SSSR count). The summed E-state index contributed by atoms with van der Waals surface area (Å²) in [5.74, 6) is 0.879. The molecule has 1 fully saturated rings. The van der Waals surface area contributed by atoms with Crippen LogP contribution in [0.5, 0.6) is 0 Å². The zero-order valence-corrected chi connectivity index (χ0v) is 10.8. The molecule has 0 amide bonds. The molecule has 0 aromatic heterocycles. The van der Waals surface area contributed by atoms with Crippen molar-refractivity contribution in [1.82, 2.24) is 5.32 Å². The van der Waals surface area contributed by atoms with Gasteiger partial charge in [0, 0.05) is 6.04 Å². The number of rotatable bonds is 8. The van der Waals surface area contributed by atoms with Crippen LogP contribution in [0.2, 0.25) is 0 Å². The highest BCUT2D eigenvalue weighted by Gasteiger charge is 2.32. The van der Waals surface area contributed by atoms with Gasteiger partial charge in [-0.05, 0) is 52.0 Å². The van der Waals surface area contributed by atoms with Crippen LogP contribution < -0.4 is 5.32 Å². The van der Waals surface area contributed by atoms with Gasteiger partial charge < -0.3 is 10.1 Å². The minimum atomic E-state index is 0.0427. The standard InChI is InChI=1S/C13H27NO/c1-5-9-14-12(11-7-8-11)10-15-13(3,4)6-2/h11-12,14H,5-10H2,1-4H3. The van der Waals surface area contributed by atoms with Crippen LogP contribution in [0, 0.1) is 5.92 Å². The predicted octanol–water partition coefficient (Wildman–Crippen LogP) is 2.97. The third-order valence-corrected chi connectivity index (χ3v) is 3.35. The molecule has 0 heterocycles. The van der Waals surface area contributed by atoms with E-state index in [1.54, 1.807) is 0 Å². The Balaban J connectivity index is 2.25. The first-order chi connectivity index (χ1) is 7.09. The summed E-state index contributed by atoms with van der Waals surface area (Å²) in [4.78, 5) is 0. The van der Waals surface area contributed by atoms with Crippen molar-refractivity contribution in [2.45, 2.75) is 65.0 Å². The minimum absolute atomic E-state index is 0.0427. The first-order valence-corrected chi connectivity index (χ1v) is 6.46. The van der Waals surface area contributed by atoms with Gasteiger partial charge in [-0.2, -0.15) is 0 Å². The van der Waals surface area contributed by atoms with Gasteiger partial charge in [-0.3, -0.25) is 0 Å². The zero-order chi connectivity index (χ0) is 11.3. The quantitative estimate of drug-likeness (QED) is 0.669. The van der Waals surface area contributed by atoms with E-state index in [2.05, 4.69) is 33.0 Å². The topological polar surface area (TPSA) is 21.3 Å². The van der Waals surface area contributed by atoms with Gasteiger partial charge in [-0.15, -0.1) is 0 Å². The highest BCUT2D eigenvalue weighted by Crippen LogP contribution is 2.33. The molecule has 15 heavy (non-hydrogen) atoms. The first kappa shape index (κ1) is 13.0. The van der Waals surface area contributed by atoms with E-state index in [0.717, 1.165) is 25.5 Å². The Bertz CT molecular complexity index is 175. The lowest BCUT2D eigenvalue weighted by molar-refractivity contribution is -0.0327. The maximum absolute atomic E-state index is 5.98. The van der Waals surface area contributed by atoms with Gasteiger partial charge in [0.05, 0.1) is 12.2 Å². The molecule has 1 aliphatic carbocycles. The minimum Gasteiger partial charge on any atom is -0.374 e. The van der Waals surface area contributed by atoms with Crippen molar-refractivity contribution in [2.75, 3.05) is 13.2 Å². The van der Waals surface area contributed by atoms with Crippen LogP contribution in [0.15, 0.2) is 0 Å². The fourth-order valence-corrected chi connectivity index (χ4v) is 1.61. The van der Waals surface area contributed by atoms with Crippen LogP contribution in [-0.4, -0.2) is 24.8 Å². The van der Waals surface area contributed by atoms with Crippen LogP contribution in [-0.2, 0) is 4.74 Å². The summed E-state index contributed by atoms with van der Waals surface area (Å²) in [6, 6.07) is 0.593. The normalized spacial score (nSPS) is 19.2. The Hall–Kier alpha value is -0.0800. The molecule has 0 radical (unpaired) electrons. The van der Waals surface area contributed by atoms with Crippen molar-refractivity contribution in [3.63, 3.8) is 0 Å². The highest BCUT2D eigenvalue weighted by atomic mass is 16.5. The average molecular weight is 213 g/mol. The molecular weight excluding hydrogens is 186 g/mol. The van der Waals surface area contributed by atoms with Gasteiger partial charge in [-0.25, -0.2) is 0 Å². The van der Waals surface area contributed by atoms with Crippen molar-refractivity contribution in [3.05, 3.63) is 0 Å². The van der Waals surface area contributed by atoms with Crippen molar-refractivity contribution in [1.29, 1.82) is 0 Å². The lowest BCUT2D eigenvalue weighted by Gasteiger charge is -2.27. The summed E-state index contributed by atoms with van der Waals surface area (Å²) in [6.45, 7) is 10.8. The average Bonchev–Trinajstić information content (AvgIpc) is 3.02. The number of hydrogen-bond donors (Lipinski definition) is 1. The zero-order valence-electron chi connectivity index (χ0n) is 10.8. The lowest BCUT2D eigenvalue weighted by Crippen LogP contribution is -2.39. The van der Waals surface area contributed by atoms with Crippen molar-refractivity contribution in [2.24, 2.45) is 5.92 Å². The molecule has 0 spiro atoms. The Morgan fingerprint density at radius 1 is 1.33 bits per heavy atom. The summed E-state index contributed by atoms with van der Waals surface area (Å²) in [5, 5.41) is 3.60. The molecule has 1 aliphatic rings. The van der Waals surface area contributed by atoms with E-state index in [-0.39, 0.29) is 5.60 Å². The van der Waals surface area contributed by atoms with Gasteiger partial charge in [0.1, 0.15) is 0 Å². The maximum atomic E-state index is 5.98. The molecule has 1 N–H and O–H groups in total. The lowest BCUT2D eigenvalue weighted by atomic mass is 10.1. The molecule has 0 aromatic rings. The van der Waals surface area contributed by atoms with Gasteiger partial charge in [0.15, 0.2) is 0 Å². The molecule has 1 atom stereocenters. The van der Waals surface area contributed by atoms with Crippen molar-refractivity contribution < 1.29 is 4.74 Å². The van der Waals surface area contributed by atoms with Gasteiger partial charge in [0.25, 0.3) is 0 Å². The summed E-state index contributed by atoms with van der Waals surface area (Å²) < 4.78 is 5.98. The molecule has 0 aliphatic heterocycles. The second-order valence-corrected chi connectivity index (χ2v) is 5.32. The Labute approximate surface area is 94.8 Å². The molecule has 2 nitrogen and oxygen atoms in total. The third kappa shape index (κ3) is 4.98. The van der Waals surface area contributed by atoms with Gasteiger partial charge in [-0.1, -0.05) is 13.8 Å². The molecule has 1 saturated carbocycles. The predicted molar refractivity (Wildman–Crippen MR) is 65.1 cm³/mol. The molecular formula is C13H27NO. The second kappa shape index (κ2) is 5.86. The maximum Gasteiger partial charge on any atom is 0.0629 e. The molecule has 90 valence electrons. The molecule has 1 unspecified atom stereocenters. The molecule has 0 saturated heterocycles.